The second-order valence-electron chi connectivity index (χ2n) is 11.0. The number of carboxylic acid groups (broad SMARTS) is 2. The van der Waals surface area contributed by atoms with E-state index in [4.69, 9.17) is 21.4 Å². The van der Waals surface area contributed by atoms with Crippen molar-refractivity contribution in [2.75, 3.05) is 13.1 Å². The van der Waals surface area contributed by atoms with Gasteiger partial charge in [-0.15, -0.1) is 0 Å². The Bertz CT molecular complexity index is 1270. The first-order chi connectivity index (χ1) is 19.9. The molecule has 3 aromatic carbocycles. The number of hydrogen-bond acceptors (Lipinski definition) is 4. The molecule has 0 radical (unpaired) electrons. The van der Waals surface area contributed by atoms with Crippen LogP contribution in [0, 0.1) is 0 Å². The van der Waals surface area contributed by atoms with Gasteiger partial charge in [0.05, 0.1) is 5.56 Å². The van der Waals surface area contributed by atoms with Gasteiger partial charge in [-0.1, -0.05) is 67.3 Å². The molecule has 1 fully saturated rings. The summed E-state index contributed by atoms with van der Waals surface area (Å²) in [6.07, 6.45) is 8.80. The van der Waals surface area contributed by atoms with Gasteiger partial charge in [0, 0.05) is 24.5 Å². The Morgan fingerprint density at radius 3 is 2.24 bits per heavy atom. The number of halogens is 1. The zero-order valence-electron chi connectivity index (χ0n) is 23.6. The molecule has 4 rings (SSSR count). The van der Waals surface area contributed by atoms with Gasteiger partial charge in [0.1, 0.15) is 12.4 Å². The molecule has 0 aliphatic heterocycles. The van der Waals surface area contributed by atoms with Crippen molar-refractivity contribution in [2.24, 2.45) is 0 Å². The molecule has 0 amide bonds. The normalized spacial score (nSPS) is 13.8. The summed E-state index contributed by atoms with van der Waals surface area (Å²) in [4.78, 5) is 24.5. The molecule has 3 aromatic rings. The average molecular weight is 578 g/mol. The van der Waals surface area contributed by atoms with Gasteiger partial charge in [-0.25, -0.2) is 4.79 Å². The molecular weight excluding hydrogens is 538 g/mol. The first-order valence-electron chi connectivity index (χ1n) is 14.6. The molecule has 0 bridgehead atoms. The number of aromatic carboxylic acids is 1. The summed E-state index contributed by atoms with van der Waals surface area (Å²) in [6, 6.07) is 21.5. The molecule has 0 atom stereocenters. The number of hydrogen-bond donors (Lipinski definition) is 2. The summed E-state index contributed by atoms with van der Waals surface area (Å²) in [5, 5.41) is 18.9. The van der Waals surface area contributed by atoms with Crippen LogP contribution < -0.4 is 4.74 Å². The van der Waals surface area contributed by atoms with Gasteiger partial charge in [0.15, 0.2) is 0 Å². The topological polar surface area (TPSA) is 87.1 Å². The first kappa shape index (κ1) is 30.6. The zero-order valence-corrected chi connectivity index (χ0v) is 24.3. The number of carboxylic acids is 2. The molecule has 1 aliphatic carbocycles. The van der Waals surface area contributed by atoms with E-state index in [9.17, 15) is 14.7 Å². The Morgan fingerprint density at radius 2 is 1.56 bits per heavy atom. The molecule has 0 heterocycles. The van der Waals surface area contributed by atoms with Crippen LogP contribution in [0.25, 0.3) is 0 Å². The van der Waals surface area contributed by atoms with Crippen LogP contribution in [0.15, 0.2) is 66.7 Å². The third-order valence-corrected chi connectivity index (χ3v) is 8.13. The van der Waals surface area contributed by atoms with Crippen LogP contribution in [-0.4, -0.2) is 40.1 Å². The molecule has 218 valence electrons. The van der Waals surface area contributed by atoms with Gasteiger partial charge in [-0.2, -0.15) is 0 Å². The van der Waals surface area contributed by atoms with Crippen molar-refractivity contribution >= 4 is 23.5 Å². The number of ether oxygens (including phenoxy) is 1. The lowest BCUT2D eigenvalue weighted by Crippen LogP contribution is -2.27. The van der Waals surface area contributed by atoms with Crippen LogP contribution in [0.1, 0.15) is 89.9 Å². The lowest BCUT2D eigenvalue weighted by molar-refractivity contribution is -0.137. The van der Waals surface area contributed by atoms with Crippen LogP contribution >= 0.6 is 11.6 Å². The maximum atomic E-state index is 11.2. The van der Waals surface area contributed by atoms with Crippen LogP contribution in [0.2, 0.25) is 5.02 Å². The van der Waals surface area contributed by atoms with E-state index in [-0.39, 0.29) is 12.0 Å². The van der Waals surface area contributed by atoms with E-state index in [2.05, 4.69) is 29.2 Å². The fraction of sp³-hybridized carbons (Fsp3) is 0.412. The number of benzene rings is 3. The van der Waals surface area contributed by atoms with E-state index >= 15 is 0 Å². The molecule has 0 spiro atoms. The average Bonchev–Trinajstić information content (AvgIpc) is 2.98. The Kier molecular flexibility index (Phi) is 11.6. The smallest absolute Gasteiger partial charge is 0.335 e. The largest absolute Gasteiger partial charge is 0.489 e. The molecule has 41 heavy (non-hydrogen) atoms. The van der Waals surface area contributed by atoms with E-state index in [1.54, 1.807) is 12.1 Å². The second-order valence-corrected chi connectivity index (χ2v) is 11.4. The van der Waals surface area contributed by atoms with Gasteiger partial charge < -0.3 is 14.9 Å². The third-order valence-electron chi connectivity index (χ3n) is 7.89. The summed E-state index contributed by atoms with van der Waals surface area (Å²) in [7, 11) is 0. The van der Waals surface area contributed by atoms with E-state index in [1.165, 1.54) is 37.7 Å². The SMILES string of the molecule is O=C(O)CCCCN(CCc1cc(Cl)ccc1OCc1ccc(C2CCCCC2)cc1)Cc1ccc(C(=O)O)cc1. The van der Waals surface area contributed by atoms with Crippen molar-refractivity contribution in [3.05, 3.63) is 99.6 Å². The summed E-state index contributed by atoms with van der Waals surface area (Å²) in [5.74, 6) is -0.243. The van der Waals surface area contributed by atoms with E-state index in [0.29, 0.717) is 36.9 Å². The minimum absolute atomic E-state index is 0.148. The van der Waals surface area contributed by atoms with Crippen LogP contribution in [0.3, 0.4) is 0 Å². The molecule has 2 N–H and O–H groups in total. The van der Waals surface area contributed by atoms with E-state index < -0.39 is 11.9 Å². The predicted octanol–water partition coefficient (Wildman–Crippen LogP) is 7.96. The van der Waals surface area contributed by atoms with Gasteiger partial charge in [0.2, 0.25) is 0 Å². The first-order valence-corrected chi connectivity index (χ1v) is 15.0. The highest BCUT2D eigenvalue weighted by Crippen LogP contribution is 2.33. The predicted molar refractivity (Wildman–Crippen MR) is 162 cm³/mol. The number of rotatable bonds is 15. The maximum absolute atomic E-state index is 11.2. The lowest BCUT2D eigenvalue weighted by atomic mass is 9.84. The Hall–Kier alpha value is -3.35. The third kappa shape index (κ3) is 9.91. The maximum Gasteiger partial charge on any atom is 0.335 e. The van der Waals surface area contributed by atoms with Crippen molar-refractivity contribution in [1.82, 2.24) is 4.90 Å². The standard InChI is InChI=1S/C34H40ClNO5/c35-31-17-18-32(41-24-26-11-13-28(14-12-26)27-6-2-1-3-7-27)30(22-31)19-21-36(20-5-4-8-33(37)38)23-25-9-15-29(16-10-25)34(39)40/h9-18,22,27H,1-8,19-21,23-24H2,(H,37,38)(H,39,40). The van der Waals surface area contributed by atoms with Gasteiger partial charge >= 0.3 is 11.9 Å². The second kappa shape index (κ2) is 15.6. The van der Waals surface area contributed by atoms with Crippen molar-refractivity contribution in [3.63, 3.8) is 0 Å². The highest BCUT2D eigenvalue weighted by atomic mass is 35.5. The highest BCUT2D eigenvalue weighted by Gasteiger charge is 2.16. The van der Waals surface area contributed by atoms with Crippen molar-refractivity contribution < 1.29 is 24.5 Å². The van der Waals surface area contributed by atoms with E-state index in [0.717, 1.165) is 42.0 Å². The quantitative estimate of drug-likeness (QED) is 0.178. The van der Waals surface area contributed by atoms with Crippen LogP contribution in [0.5, 0.6) is 5.75 Å². The van der Waals surface area contributed by atoms with Gasteiger partial charge in [-0.05, 0) is 97.2 Å². The molecule has 6 nitrogen and oxygen atoms in total. The Balaban J connectivity index is 1.38. The monoisotopic (exact) mass is 577 g/mol. The molecule has 0 saturated heterocycles. The molecule has 7 heteroatoms. The number of aliphatic carboxylic acids is 1. The van der Waals surface area contributed by atoms with E-state index in [1.807, 2.05) is 30.3 Å². The van der Waals surface area contributed by atoms with Gasteiger partial charge in [0.25, 0.3) is 0 Å². The van der Waals surface area contributed by atoms with Crippen molar-refractivity contribution in [2.45, 2.75) is 76.9 Å². The fourth-order valence-electron chi connectivity index (χ4n) is 5.54. The molecular formula is C34H40ClNO5. The summed E-state index contributed by atoms with van der Waals surface area (Å²) in [6.45, 7) is 2.57. The Morgan fingerprint density at radius 1 is 0.854 bits per heavy atom. The summed E-state index contributed by atoms with van der Waals surface area (Å²) in [5.41, 5.74) is 4.85. The highest BCUT2D eigenvalue weighted by molar-refractivity contribution is 6.30. The van der Waals surface area contributed by atoms with Crippen LogP contribution in [-0.2, 0) is 24.4 Å². The summed E-state index contributed by atoms with van der Waals surface area (Å²) >= 11 is 6.37. The molecule has 1 aliphatic rings. The lowest BCUT2D eigenvalue weighted by Gasteiger charge is -2.23. The molecule has 0 aromatic heterocycles. The number of unbranched alkanes of at least 4 members (excludes halogenated alkanes) is 1. The minimum atomic E-state index is -0.948. The fourth-order valence-corrected chi connectivity index (χ4v) is 5.73. The minimum Gasteiger partial charge on any atom is -0.489 e. The number of carbonyl (C=O) groups is 2. The van der Waals surface area contributed by atoms with Gasteiger partial charge in [-0.3, -0.25) is 9.69 Å². The van der Waals surface area contributed by atoms with Crippen molar-refractivity contribution in [1.29, 1.82) is 0 Å². The molecule has 0 unspecified atom stereocenters. The summed E-state index contributed by atoms with van der Waals surface area (Å²) < 4.78 is 6.28. The zero-order chi connectivity index (χ0) is 29.0. The number of nitrogens with zero attached hydrogens (tertiary/aromatic N) is 1. The van der Waals surface area contributed by atoms with Crippen molar-refractivity contribution in [3.8, 4) is 5.75 Å². The molecule has 1 saturated carbocycles. The van der Waals surface area contributed by atoms with Crippen LogP contribution in [0.4, 0.5) is 0 Å². The Labute approximate surface area is 247 Å².